The number of nitrogens with one attached hydrogen (secondary N) is 13. The number of aliphatic hydroxyl groups excluding tert-OH is 5. The fraction of sp³-hybridized carbons (Fsp3) is 0.657. The Hall–Kier alpha value is -10.8. The minimum Gasteiger partial charge on any atom is -0.481 e. The molecule has 117 heavy (non-hydrogen) atoms. The van der Waals surface area contributed by atoms with Crippen molar-refractivity contribution >= 4 is 107 Å². The number of primary amides is 1. The third kappa shape index (κ3) is 35.3. The molecular weight excluding hydrogens is 1560 g/mol. The fourth-order valence-corrected chi connectivity index (χ4v) is 11.8. The Balaban J connectivity index is 1.87. The minimum atomic E-state index is -1.94. The van der Waals surface area contributed by atoms with E-state index in [1.807, 2.05) is 5.32 Å². The van der Waals surface area contributed by atoms with Gasteiger partial charge in [-0.1, -0.05) is 32.4 Å². The molecule has 2 aliphatic heterocycles. The molecular formula is C70H111FN18O28. The summed E-state index contributed by atoms with van der Waals surface area (Å²) in [6.45, 7) is 0.433. The van der Waals surface area contributed by atoms with Crippen molar-refractivity contribution in [3.8, 4) is 0 Å². The fourth-order valence-electron chi connectivity index (χ4n) is 11.8. The smallest absolute Gasteiger partial charge is 0.328 e. The number of carboxylic acids is 3. The van der Waals surface area contributed by atoms with Crippen molar-refractivity contribution in [3.63, 3.8) is 0 Å². The van der Waals surface area contributed by atoms with Crippen molar-refractivity contribution in [1.29, 1.82) is 0 Å². The molecule has 2 heterocycles. The van der Waals surface area contributed by atoms with Gasteiger partial charge in [-0.15, -0.1) is 0 Å². The number of hydrogen-bond acceptors (Lipinski definition) is 28. The first-order valence-electron chi connectivity index (χ1n) is 37.7. The van der Waals surface area contributed by atoms with Crippen LogP contribution in [0.4, 0.5) is 4.39 Å². The van der Waals surface area contributed by atoms with Crippen LogP contribution >= 0.6 is 0 Å². The molecule has 656 valence electrons. The number of unbranched alkanes of at least 4 members (excludes halogenated alkanes) is 1. The van der Waals surface area contributed by atoms with E-state index in [0.717, 1.165) is 24.0 Å². The Bertz CT molecular complexity index is 3590. The Morgan fingerprint density at radius 1 is 0.547 bits per heavy atom. The molecule has 2 aliphatic rings. The maximum absolute atomic E-state index is 14.5. The second-order valence-electron chi connectivity index (χ2n) is 27.8. The van der Waals surface area contributed by atoms with Crippen LogP contribution in [0.5, 0.6) is 0 Å². The summed E-state index contributed by atoms with van der Waals surface area (Å²) in [5.41, 5.74) is 22.7. The number of carbonyl (C=O) groups excluding carboxylic acids is 15. The van der Waals surface area contributed by atoms with Crippen LogP contribution in [0.25, 0.3) is 0 Å². The van der Waals surface area contributed by atoms with E-state index in [4.69, 9.17) is 32.4 Å². The second-order valence-corrected chi connectivity index (χ2v) is 27.8. The topological polar surface area (TPSA) is 751 Å². The van der Waals surface area contributed by atoms with Crippen molar-refractivity contribution in [2.24, 2.45) is 28.9 Å². The summed E-state index contributed by atoms with van der Waals surface area (Å²) < 4.78 is 25.4. The lowest BCUT2D eigenvalue weighted by Crippen LogP contribution is -2.60. The summed E-state index contributed by atoms with van der Waals surface area (Å²) in [5, 5.41) is 110. The van der Waals surface area contributed by atoms with Gasteiger partial charge < -0.3 is 147 Å². The lowest BCUT2D eigenvalue weighted by molar-refractivity contribution is -0.310. The molecule has 3 rings (SSSR count). The first-order chi connectivity index (χ1) is 55.2. The third-order valence-corrected chi connectivity index (χ3v) is 18.7. The summed E-state index contributed by atoms with van der Waals surface area (Å²) in [4.78, 5) is 239. The molecule has 46 nitrogen and oxygen atoms in total. The molecule has 0 saturated carbocycles. The standard InChI is InChI=1S/C70H111FN18O28/c1-5-33(2)55(87-48(93)27-74)68(113)80-34(3)60(105)76-28-51(96)83-44(25-36-11-13-37(71)14-12-36)66(111)85-40(16-15-38(26-73)116-70-59(104)58(103)57(102)46(32-90)117-70)62(107)78-30-49(94)81-42(18-21-53(98)99)64(109)84-41(17-20-47(75)92)63(108)79-31-52(97)89-24-8-10-45(89)67(112)86-39(9-6-7-23-72)61(106)77-29-50(95)82-43(19-22-54(100)101)65(110)88-56(35(4)91)69(114)115/h11-14,33-35,38-46,55-59,70,90-91,102-104H,5-10,15-32,72-74H2,1-4H3,(H2,75,92)(H,76,105)(H,77,106)(H,78,107)(H,79,108)(H,80,113)(H,81,94)(H,82,95)(H,83,96)(H,84,109)(H,85,111)(H,86,112)(H,87,93)(H,88,110)(H,98,99)(H,100,101)(H,114,115)/t33-,34-,35+,38+,39-,40-,41-,42-,43-,44-,45-,46+,55-,56-,57-,58-,59+,70+/m0/s1. The number of carboxylic acid groups (broad SMARTS) is 3. The molecule has 0 radical (unpaired) electrons. The average molecular weight is 1670 g/mol. The summed E-state index contributed by atoms with van der Waals surface area (Å²) >= 11 is 0. The van der Waals surface area contributed by atoms with E-state index < -0.39 is 319 Å². The molecule has 18 atom stereocenters. The van der Waals surface area contributed by atoms with Crippen molar-refractivity contribution in [1.82, 2.24) is 74.0 Å². The number of rotatable bonds is 53. The third-order valence-electron chi connectivity index (χ3n) is 18.7. The first-order valence-corrected chi connectivity index (χ1v) is 37.7. The van der Waals surface area contributed by atoms with E-state index in [2.05, 4.69) is 63.8 Å². The number of nitrogens with two attached hydrogens (primary N) is 4. The average Bonchev–Trinajstić information content (AvgIpc) is 1.79. The van der Waals surface area contributed by atoms with Gasteiger partial charge in [0.05, 0.1) is 51.5 Å². The van der Waals surface area contributed by atoms with Crippen LogP contribution in [0.3, 0.4) is 0 Å². The Morgan fingerprint density at radius 3 is 1.54 bits per heavy atom. The molecule has 1 aromatic carbocycles. The van der Waals surface area contributed by atoms with Crippen LogP contribution in [0.2, 0.25) is 0 Å². The molecule has 29 N–H and O–H groups in total. The van der Waals surface area contributed by atoms with Gasteiger partial charge in [0.25, 0.3) is 0 Å². The molecule has 2 fully saturated rings. The number of aliphatic hydroxyl groups is 5. The van der Waals surface area contributed by atoms with Gasteiger partial charge in [0.2, 0.25) is 88.6 Å². The number of amides is 15. The number of benzene rings is 1. The predicted molar refractivity (Wildman–Crippen MR) is 400 cm³/mol. The van der Waals surface area contributed by atoms with Crippen molar-refractivity contribution in [3.05, 3.63) is 35.6 Å². The molecule has 0 spiro atoms. The quantitative estimate of drug-likeness (QED) is 0.0269. The molecule has 0 unspecified atom stereocenters. The lowest BCUT2D eigenvalue weighted by Gasteiger charge is -2.40. The van der Waals surface area contributed by atoms with Gasteiger partial charge in [-0.25, -0.2) is 9.18 Å². The van der Waals surface area contributed by atoms with Crippen LogP contribution in [0.15, 0.2) is 24.3 Å². The Kier molecular flexibility index (Phi) is 44.0. The first kappa shape index (κ1) is 100. The molecule has 2 saturated heterocycles. The minimum absolute atomic E-state index is 0.0207. The van der Waals surface area contributed by atoms with Gasteiger partial charge in [0.1, 0.15) is 84.6 Å². The highest BCUT2D eigenvalue weighted by atomic mass is 19.1. The summed E-state index contributed by atoms with van der Waals surface area (Å²) in [5.74, 6) is -20.9. The molecule has 15 amide bonds. The molecule has 47 heteroatoms. The summed E-state index contributed by atoms with van der Waals surface area (Å²) in [6.07, 6.45) is -15.8. The highest BCUT2D eigenvalue weighted by Crippen LogP contribution is 2.25. The number of halogens is 1. The Labute approximate surface area is 670 Å². The van der Waals surface area contributed by atoms with E-state index in [-0.39, 0.29) is 50.8 Å². The van der Waals surface area contributed by atoms with E-state index in [0.29, 0.717) is 12.8 Å². The van der Waals surface area contributed by atoms with Crippen LogP contribution in [-0.4, -0.2) is 315 Å². The van der Waals surface area contributed by atoms with Crippen molar-refractivity contribution in [2.75, 3.05) is 59.0 Å². The zero-order valence-electron chi connectivity index (χ0n) is 65.0. The molecule has 1 aromatic rings. The maximum Gasteiger partial charge on any atom is 0.328 e. The maximum atomic E-state index is 14.5. The zero-order chi connectivity index (χ0) is 87.9. The predicted octanol–water partition coefficient (Wildman–Crippen LogP) is -11.3. The van der Waals surface area contributed by atoms with Gasteiger partial charge in [0.15, 0.2) is 12.3 Å². The van der Waals surface area contributed by atoms with Crippen LogP contribution < -0.4 is 92.1 Å². The largest absolute Gasteiger partial charge is 0.481 e. The number of hydrogen-bond donors (Lipinski definition) is 25. The number of likely N-dealkylation sites (tertiary alicyclic amines) is 1. The number of nitrogens with zero attached hydrogens (tertiary/aromatic N) is 1. The molecule has 0 aromatic heterocycles. The summed E-state index contributed by atoms with van der Waals surface area (Å²) in [6, 6.07) is -11.2. The van der Waals surface area contributed by atoms with Crippen LogP contribution in [0, 0.1) is 11.7 Å². The van der Waals surface area contributed by atoms with Gasteiger partial charge in [-0.3, -0.25) is 81.5 Å². The van der Waals surface area contributed by atoms with E-state index in [9.17, 15) is 132 Å². The van der Waals surface area contributed by atoms with Gasteiger partial charge in [0, 0.05) is 38.8 Å². The zero-order valence-corrected chi connectivity index (χ0v) is 65.0. The van der Waals surface area contributed by atoms with Gasteiger partial charge >= 0.3 is 17.9 Å². The Morgan fingerprint density at radius 2 is 1.04 bits per heavy atom. The SMILES string of the molecule is CC[C@H](C)[C@H](NC(=O)CN)C(=O)N[C@@H](C)C(=O)NCC(=O)N[C@@H](Cc1ccc(F)cc1)C(=O)N[C@@H](CC[C@H](CN)O[C@@H]1O[C@H](CO)[C@H](O)[C@H](O)[C@H]1O)C(=O)NCC(=O)N[C@@H](CCC(=O)O)C(=O)N[C@@H](CCC(N)=O)C(=O)NCC(=O)N1CCC[C@H]1C(=O)N[C@@H](CCCCN)C(=O)NCC(=O)N[C@@H](CCC(=O)O)C(=O)N[C@H](C(=O)O)[C@@H](C)O. The highest BCUT2D eigenvalue weighted by Gasteiger charge is 2.46. The number of carbonyl (C=O) groups is 18. The summed E-state index contributed by atoms with van der Waals surface area (Å²) in [7, 11) is 0. The van der Waals surface area contributed by atoms with Gasteiger partial charge in [-0.2, -0.15) is 0 Å². The molecule has 0 aliphatic carbocycles. The second kappa shape index (κ2) is 51.3. The van der Waals surface area contributed by atoms with E-state index in [1.165, 1.54) is 19.1 Å². The normalized spacial score (nSPS) is 19.4. The lowest BCUT2D eigenvalue weighted by atomic mass is 9.98. The van der Waals surface area contributed by atoms with E-state index in [1.54, 1.807) is 13.8 Å². The highest BCUT2D eigenvalue weighted by molar-refractivity contribution is 5.99. The number of ether oxygens (including phenoxy) is 2. The monoisotopic (exact) mass is 1670 g/mol. The van der Waals surface area contributed by atoms with Gasteiger partial charge in [-0.05, 0) is 108 Å². The van der Waals surface area contributed by atoms with E-state index >= 15 is 0 Å². The van der Waals surface area contributed by atoms with Crippen molar-refractivity contribution < 1.29 is 141 Å². The van der Waals surface area contributed by atoms with Crippen LogP contribution in [-0.2, 0) is 102 Å². The van der Waals surface area contributed by atoms with Crippen LogP contribution in [0.1, 0.15) is 123 Å². The van der Waals surface area contributed by atoms with Crippen molar-refractivity contribution in [2.45, 2.75) is 227 Å². The number of aliphatic carboxylic acids is 3. The molecule has 0 bridgehead atoms.